The molecule has 1 unspecified atom stereocenters. The van der Waals surface area contributed by atoms with E-state index >= 15 is 0 Å². The molecule has 6 N–H and O–H groups in total. The third kappa shape index (κ3) is 10.8. The lowest BCUT2D eigenvalue weighted by Gasteiger charge is -2.29. The summed E-state index contributed by atoms with van der Waals surface area (Å²) in [6.45, 7) is 15.7. The SMILES string of the molecule is CCC(C)[C@@H]1NC(=O)[C@H](C)NC(=O)[C@H](CC(C)C)NC(=O)[C@H](C)NC(=O)[C@H](CC(C)C)NC(=O)[C@H](C)NC1=O. The summed E-state index contributed by atoms with van der Waals surface area (Å²) in [7, 11) is 0. The standard InChI is InChI=1S/C27H48N6O6/c1-10-15(6)21-27(39)30-17(8)23(35)32-19(11-13(2)3)25(37)28-16(7)22(34)31-20(12-14(4)5)26(38)29-18(9)24(36)33-21/h13-21H,10-12H2,1-9H3,(H,28,37)(H,29,38)(H,30,39)(H,31,34)(H,32,35)(H,33,36)/t15?,16-,17-,18-,19-,20-,21-/m0/s1. The number of hydrogen-bond acceptors (Lipinski definition) is 6. The van der Waals surface area contributed by atoms with E-state index in [1.165, 1.54) is 20.8 Å². The van der Waals surface area contributed by atoms with E-state index < -0.39 is 71.7 Å². The van der Waals surface area contributed by atoms with Crippen LogP contribution in [-0.4, -0.2) is 71.7 Å². The van der Waals surface area contributed by atoms with Crippen LogP contribution < -0.4 is 31.9 Å². The van der Waals surface area contributed by atoms with E-state index in [0.29, 0.717) is 19.3 Å². The summed E-state index contributed by atoms with van der Waals surface area (Å²) in [5.41, 5.74) is 0. The van der Waals surface area contributed by atoms with Crippen LogP contribution in [0.15, 0.2) is 0 Å². The molecule has 6 amide bonds. The molecule has 39 heavy (non-hydrogen) atoms. The molecule has 0 aromatic carbocycles. The van der Waals surface area contributed by atoms with Crippen LogP contribution in [0, 0.1) is 17.8 Å². The number of rotatable bonds is 6. The van der Waals surface area contributed by atoms with Gasteiger partial charge in [-0.3, -0.25) is 28.8 Å². The van der Waals surface area contributed by atoms with E-state index in [1.54, 1.807) is 6.92 Å². The summed E-state index contributed by atoms with van der Waals surface area (Å²) < 4.78 is 0. The molecule has 1 fully saturated rings. The minimum absolute atomic E-state index is 0.0408. The molecular weight excluding hydrogens is 504 g/mol. The number of nitrogens with one attached hydrogen (secondary N) is 6. The van der Waals surface area contributed by atoms with Gasteiger partial charge >= 0.3 is 0 Å². The van der Waals surface area contributed by atoms with Crippen LogP contribution in [0.1, 0.15) is 81.6 Å². The van der Waals surface area contributed by atoms with Gasteiger partial charge in [-0.2, -0.15) is 0 Å². The van der Waals surface area contributed by atoms with Crippen LogP contribution in [0.3, 0.4) is 0 Å². The quantitative estimate of drug-likeness (QED) is 0.273. The van der Waals surface area contributed by atoms with Gasteiger partial charge in [-0.1, -0.05) is 48.0 Å². The molecule has 1 heterocycles. The first-order valence-corrected chi connectivity index (χ1v) is 13.9. The molecule has 222 valence electrons. The highest BCUT2D eigenvalue weighted by molar-refractivity contribution is 5.98. The number of hydrogen-bond donors (Lipinski definition) is 6. The fraction of sp³-hybridized carbons (Fsp3) is 0.778. The Balaban J connectivity index is 3.41. The lowest BCUT2D eigenvalue weighted by atomic mass is 9.97. The molecule has 0 aliphatic carbocycles. The third-order valence-corrected chi connectivity index (χ3v) is 6.73. The first kappa shape index (κ1) is 33.8. The van der Waals surface area contributed by atoms with E-state index in [2.05, 4.69) is 31.9 Å². The Morgan fingerprint density at radius 2 is 0.846 bits per heavy atom. The predicted molar refractivity (Wildman–Crippen MR) is 147 cm³/mol. The first-order chi connectivity index (χ1) is 18.1. The van der Waals surface area contributed by atoms with E-state index in [-0.39, 0.29) is 17.8 Å². The van der Waals surface area contributed by atoms with E-state index in [4.69, 9.17) is 0 Å². The van der Waals surface area contributed by atoms with Crippen molar-refractivity contribution in [3.05, 3.63) is 0 Å². The molecule has 1 aliphatic rings. The molecule has 0 bridgehead atoms. The summed E-state index contributed by atoms with van der Waals surface area (Å²) in [6.07, 6.45) is 1.17. The Kier molecular flexibility index (Phi) is 13.4. The fourth-order valence-corrected chi connectivity index (χ4v) is 4.11. The maximum atomic E-state index is 13.1. The summed E-state index contributed by atoms with van der Waals surface area (Å²) >= 11 is 0. The average molecular weight is 553 g/mol. The Morgan fingerprint density at radius 3 is 1.18 bits per heavy atom. The average Bonchev–Trinajstić information content (AvgIpc) is 2.84. The molecule has 1 rings (SSSR count). The van der Waals surface area contributed by atoms with Gasteiger partial charge in [-0.15, -0.1) is 0 Å². The molecular formula is C27H48N6O6. The van der Waals surface area contributed by atoms with Gasteiger partial charge in [0.25, 0.3) is 0 Å². The van der Waals surface area contributed by atoms with Gasteiger partial charge in [0.1, 0.15) is 36.3 Å². The largest absolute Gasteiger partial charge is 0.343 e. The van der Waals surface area contributed by atoms with Gasteiger partial charge in [0.15, 0.2) is 0 Å². The maximum Gasteiger partial charge on any atom is 0.243 e. The van der Waals surface area contributed by atoms with Crippen molar-refractivity contribution in [2.24, 2.45) is 17.8 Å². The van der Waals surface area contributed by atoms with Crippen LogP contribution >= 0.6 is 0 Å². The Labute approximate surface area is 231 Å². The minimum atomic E-state index is -1.00. The van der Waals surface area contributed by atoms with Crippen LogP contribution in [0.5, 0.6) is 0 Å². The molecule has 0 radical (unpaired) electrons. The normalized spacial score (nSPS) is 29.3. The van der Waals surface area contributed by atoms with Crippen molar-refractivity contribution < 1.29 is 28.8 Å². The van der Waals surface area contributed by atoms with Crippen LogP contribution in [0.2, 0.25) is 0 Å². The number of carbonyl (C=O) groups excluding carboxylic acids is 6. The van der Waals surface area contributed by atoms with Crippen molar-refractivity contribution in [2.75, 3.05) is 0 Å². The van der Waals surface area contributed by atoms with Gasteiger partial charge in [0.05, 0.1) is 0 Å². The Morgan fingerprint density at radius 1 is 0.513 bits per heavy atom. The van der Waals surface area contributed by atoms with Crippen molar-refractivity contribution >= 4 is 35.4 Å². The highest BCUT2D eigenvalue weighted by atomic mass is 16.2. The lowest BCUT2D eigenvalue weighted by Crippen LogP contribution is -2.61. The highest BCUT2D eigenvalue weighted by Gasteiger charge is 2.33. The lowest BCUT2D eigenvalue weighted by molar-refractivity contribution is -0.137. The van der Waals surface area contributed by atoms with E-state index in [1.807, 2.05) is 34.6 Å². The maximum absolute atomic E-state index is 13.1. The molecule has 12 nitrogen and oxygen atoms in total. The number of amides is 6. The minimum Gasteiger partial charge on any atom is -0.343 e. The molecule has 0 saturated carbocycles. The van der Waals surface area contributed by atoms with Gasteiger partial charge in [-0.25, -0.2) is 0 Å². The molecule has 12 heteroatoms. The van der Waals surface area contributed by atoms with Crippen molar-refractivity contribution in [1.29, 1.82) is 0 Å². The van der Waals surface area contributed by atoms with Gasteiger partial charge in [0, 0.05) is 0 Å². The zero-order valence-corrected chi connectivity index (χ0v) is 24.8. The Hall–Kier alpha value is -3.18. The summed E-state index contributed by atoms with van der Waals surface area (Å²) in [5, 5.41) is 15.9. The summed E-state index contributed by atoms with van der Waals surface area (Å²) in [4.78, 5) is 78.2. The smallest absolute Gasteiger partial charge is 0.243 e. The monoisotopic (exact) mass is 552 g/mol. The van der Waals surface area contributed by atoms with Crippen molar-refractivity contribution in [3.63, 3.8) is 0 Å². The van der Waals surface area contributed by atoms with Crippen molar-refractivity contribution in [1.82, 2.24) is 31.9 Å². The third-order valence-electron chi connectivity index (χ3n) is 6.73. The second-order valence-corrected chi connectivity index (χ2v) is 11.4. The predicted octanol–water partition coefficient (Wildman–Crippen LogP) is 0.107. The second kappa shape index (κ2) is 15.4. The highest BCUT2D eigenvalue weighted by Crippen LogP contribution is 2.11. The topological polar surface area (TPSA) is 175 Å². The zero-order valence-electron chi connectivity index (χ0n) is 24.8. The summed E-state index contributed by atoms with van der Waals surface area (Å²) in [6, 6.07) is -5.87. The molecule has 0 spiro atoms. The molecule has 0 aromatic rings. The van der Waals surface area contributed by atoms with Crippen LogP contribution in [-0.2, 0) is 28.8 Å². The fourth-order valence-electron chi connectivity index (χ4n) is 4.11. The van der Waals surface area contributed by atoms with Crippen LogP contribution in [0.4, 0.5) is 0 Å². The van der Waals surface area contributed by atoms with Gasteiger partial charge in [-0.05, 0) is 51.4 Å². The van der Waals surface area contributed by atoms with Crippen molar-refractivity contribution in [3.8, 4) is 0 Å². The van der Waals surface area contributed by atoms with Gasteiger partial charge < -0.3 is 31.9 Å². The second-order valence-electron chi connectivity index (χ2n) is 11.4. The van der Waals surface area contributed by atoms with Gasteiger partial charge in [0.2, 0.25) is 35.4 Å². The molecule has 1 aliphatic heterocycles. The zero-order chi connectivity index (χ0) is 30.0. The van der Waals surface area contributed by atoms with E-state index in [9.17, 15) is 28.8 Å². The van der Waals surface area contributed by atoms with E-state index in [0.717, 1.165) is 0 Å². The van der Waals surface area contributed by atoms with Crippen molar-refractivity contribution in [2.45, 2.75) is 118 Å². The molecule has 1 saturated heterocycles. The summed E-state index contributed by atoms with van der Waals surface area (Å²) in [5.74, 6) is -3.57. The molecule has 0 aromatic heterocycles. The number of carbonyl (C=O) groups is 6. The first-order valence-electron chi connectivity index (χ1n) is 13.9. The van der Waals surface area contributed by atoms with Crippen LogP contribution in [0.25, 0.3) is 0 Å². The Bertz CT molecular complexity index is 899. The molecule has 7 atom stereocenters.